The number of amides is 1. The quantitative estimate of drug-likeness (QED) is 0.883. The van der Waals surface area contributed by atoms with E-state index in [1.165, 1.54) is 6.92 Å². The molecule has 2 N–H and O–H groups in total. The lowest BCUT2D eigenvalue weighted by atomic mass is 10.2. The van der Waals surface area contributed by atoms with Gasteiger partial charge < -0.3 is 15.2 Å². The van der Waals surface area contributed by atoms with Gasteiger partial charge in [-0.3, -0.25) is 4.79 Å². The van der Waals surface area contributed by atoms with Crippen molar-refractivity contribution in [3.05, 3.63) is 18.2 Å². The van der Waals surface area contributed by atoms with Gasteiger partial charge in [0, 0.05) is 25.7 Å². The Kier molecular flexibility index (Phi) is 2.98. The molecule has 1 heterocycles. The van der Waals surface area contributed by atoms with Crippen molar-refractivity contribution in [3.8, 4) is 0 Å². The summed E-state index contributed by atoms with van der Waals surface area (Å²) < 4.78 is 1.98. The van der Waals surface area contributed by atoms with E-state index >= 15 is 0 Å². The Morgan fingerprint density at radius 2 is 2.11 bits per heavy atom. The van der Waals surface area contributed by atoms with Gasteiger partial charge in [0.1, 0.15) is 0 Å². The number of carbonyl (C=O) groups excluding carboxylic acids is 1. The Morgan fingerprint density at radius 1 is 1.44 bits per heavy atom. The van der Waals surface area contributed by atoms with Crippen LogP contribution in [0, 0.1) is 0 Å². The molecule has 0 fully saturated rings. The molecular formula is C13H18N4O. The molecule has 1 aromatic heterocycles. The highest BCUT2D eigenvalue weighted by molar-refractivity contribution is 5.93. The van der Waals surface area contributed by atoms with Gasteiger partial charge in [-0.1, -0.05) is 0 Å². The summed E-state index contributed by atoms with van der Waals surface area (Å²) in [6.45, 7) is 5.66. The number of carbonyl (C=O) groups is 1. The van der Waals surface area contributed by atoms with E-state index in [-0.39, 0.29) is 11.9 Å². The summed E-state index contributed by atoms with van der Waals surface area (Å²) in [4.78, 5) is 17.3. The van der Waals surface area contributed by atoms with Crippen LogP contribution in [0.3, 0.4) is 0 Å². The van der Waals surface area contributed by atoms with Crippen molar-refractivity contribution >= 4 is 28.6 Å². The SMILES string of the molecule is CC(=O)N(C)c1ccc2c(c1)nc(N)n2C(C)C. The molecule has 1 aromatic carbocycles. The number of imidazole rings is 1. The van der Waals surface area contributed by atoms with Gasteiger partial charge in [-0.2, -0.15) is 0 Å². The van der Waals surface area contributed by atoms with Gasteiger partial charge in [-0.25, -0.2) is 4.98 Å². The lowest BCUT2D eigenvalue weighted by Crippen LogP contribution is -2.22. The smallest absolute Gasteiger partial charge is 0.223 e. The minimum Gasteiger partial charge on any atom is -0.369 e. The summed E-state index contributed by atoms with van der Waals surface area (Å²) in [6, 6.07) is 6.00. The van der Waals surface area contributed by atoms with Crippen molar-refractivity contribution in [2.45, 2.75) is 26.8 Å². The number of hydrogen-bond acceptors (Lipinski definition) is 3. The van der Waals surface area contributed by atoms with Crippen molar-refractivity contribution < 1.29 is 4.79 Å². The molecule has 96 valence electrons. The number of nitrogens with zero attached hydrogens (tertiary/aromatic N) is 3. The first kappa shape index (κ1) is 12.4. The highest BCUT2D eigenvalue weighted by Crippen LogP contribution is 2.26. The minimum absolute atomic E-state index is 0.00869. The maximum atomic E-state index is 11.3. The van der Waals surface area contributed by atoms with E-state index in [2.05, 4.69) is 18.8 Å². The van der Waals surface area contributed by atoms with Crippen LogP contribution in [-0.2, 0) is 4.79 Å². The predicted octanol–water partition coefficient (Wildman–Crippen LogP) is 2.18. The zero-order valence-electron chi connectivity index (χ0n) is 11.1. The Bertz CT molecular complexity index is 600. The van der Waals surface area contributed by atoms with Gasteiger partial charge in [0.15, 0.2) is 0 Å². The van der Waals surface area contributed by atoms with Gasteiger partial charge >= 0.3 is 0 Å². The third kappa shape index (κ3) is 1.92. The number of aromatic nitrogens is 2. The van der Waals surface area contributed by atoms with Crippen LogP contribution in [0.4, 0.5) is 11.6 Å². The van der Waals surface area contributed by atoms with Crippen LogP contribution in [0.15, 0.2) is 18.2 Å². The van der Waals surface area contributed by atoms with Crippen molar-refractivity contribution in [3.63, 3.8) is 0 Å². The molecular weight excluding hydrogens is 228 g/mol. The van der Waals surface area contributed by atoms with E-state index in [0.29, 0.717) is 5.95 Å². The maximum Gasteiger partial charge on any atom is 0.223 e. The van der Waals surface area contributed by atoms with Gasteiger partial charge in [-0.05, 0) is 32.0 Å². The molecule has 2 aromatic rings. The van der Waals surface area contributed by atoms with E-state index in [4.69, 9.17) is 5.73 Å². The third-order valence-corrected chi connectivity index (χ3v) is 3.08. The molecule has 0 aliphatic heterocycles. The van der Waals surface area contributed by atoms with Crippen molar-refractivity contribution in [1.82, 2.24) is 9.55 Å². The molecule has 5 nitrogen and oxygen atoms in total. The fourth-order valence-corrected chi connectivity index (χ4v) is 2.04. The topological polar surface area (TPSA) is 64.2 Å². The molecule has 1 amide bonds. The van der Waals surface area contributed by atoms with Crippen molar-refractivity contribution in [2.24, 2.45) is 0 Å². The van der Waals surface area contributed by atoms with Gasteiger partial charge in [0.25, 0.3) is 0 Å². The Morgan fingerprint density at radius 3 is 2.67 bits per heavy atom. The normalized spacial score (nSPS) is 11.2. The predicted molar refractivity (Wildman–Crippen MR) is 73.6 cm³/mol. The zero-order chi connectivity index (χ0) is 13.4. The average Bonchev–Trinajstić information content (AvgIpc) is 2.62. The number of benzene rings is 1. The summed E-state index contributed by atoms with van der Waals surface area (Å²) in [6.07, 6.45) is 0. The van der Waals surface area contributed by atoms with Crippen LogP contribution in [0.25, 0.3) is 11.0 Å². The molecule has 0 atom stereocenters. The molecule has 0 unspecified atom stereocenters. The lowest BCUT2D eigenvalue weighted by molar-refractivity contribution is -0.116. The van der Waals surface area contributed by atoms with Crippen LogP contribution in [0.1, 0.15) is 26.8 Å². The maximum absolute atomic E-state index is 11.3. The monoisotopic (exact) mass is 246 g/mol. The van der Waals surface area contributed by atoms with E-state index < -0.39 is 0 Å². The van der Waals surface area contributed by atoms with Crippen LogP contribution < -0.4 is 10.6 Å². The van der Waals surface area contributed by atoms with Crippen LogP contribution in [0.5, 0.6) is 0 Å². The average molecular weight is 246 g/mol. The van der Waals surface area contributed by atoms with Crippen LogP contribution >= 0.6 is 0 Å². The second-order valence-electron chi connectivity index (χ2n) is 4.68. The molecule has 0 saturated heterocycles. The fourth-order valence-electron chi connectivity index (χ4n) is 2.04. The Hall–Kier alpha value is -2.04. The molecule has 0 aliphatic rings. The highest BCUT2D eigenvalue weighted by Gasteiger charge is 2.13. The van der Waals surface area contributed by atoms with Crippen LogP contribution in [-0.4, -0.2) is 22.5 Å². The second kappa shape index (κ2) is 4.33. The summed E-state index contributed by atoms with van der Waals surface area (Å²) >= 11 is 0. The second-order valence-corrected chi connectivity index (χ2v) is 4.68. The van der Waals surface area contributed by atoms with E-state index in [0.717, 1.165) is 16.7 Å². The summed E-state index contributed by atoms with van der Waals surface area (Å²) in [5, 5.41) is 0. The number of hydrogen-bond donors (Lipinski definition) is 1. The molecule has 0 spiro atoms. The molecule has 2 rings (SSSR count). The highest BCUT2D eigenvalue weighted by atomic mass is 16.2. The van der Waals surface area contributed by atoms with Crippen molar-refractivity contribution in [2.75, 3.05) is 17.7 Å². The lowest BCUT2D eigenvalue weighted by Gasteiger charge is -2.15. The number of anilines is 2. The van der Waals surface area contributed by atoms with E-state index in [9.17, 15) is 4.79 Å². The fraction of sp³-hybridized carbons (Fsp3) is 0.385. The van der Waals surface area contributed by atoms with Gasteiger partial charge in [0.2, 0.25) is 11.9 Å². The number of nitrogens with two attached hydrogens (primary N) is 1. The molecule has 5 heteroatoms. The summed E-state index contributed by atoms with van der Waals surface area (Å²) in [5.74, 6) is 0.494. The standard InChI is InChI=1S/C13H18N4O/c1-8(2)17-12-6-5-10(16(4)9(3)18)7-11(12)15-13(17)14/h5-8H,1-4H3,(H2,14,15). The van der Waals surface area contributed by atoms with Gasteiger partial charge in [0.05, 0.1) is 11.0 Å². The third-order valence-electron chi connectivity index (χ3n) is 3.08. The van der Waals surface area contributed by atoms with E-state index in [1.54, 1.807) is 11.9 Å². The molecule has 0 saturated carbocycles. The van der Waals surface area contributed by atoms with Crippen molar-refractivity contribution in [1.29, 1.82) is 0 Å². The molecule has 0 aliphatic carbocycles. The Labute approximate surface area is 106 Å². The summed E-state index contributed by atoms with van der Waals surface area (Å²) in [7, 11) is 1.74. The minimum atomic E-state index is -0.00869. The zero-order valence-corrected chi connectivity index (χ0v) is 11.1. The first-order valence-corrected chi connectivity index (χ1v) is 5.93. The van der Waals surface area contributed by atoms with Crippen LogP contribution in [0.2, 0.25) is 0 Å². The number of fused-ring (bicyclic) bond motifs is 1. The summed E-state index contributed by atoms with van der Waals surface area (Å²) in [5.41, 5.74) is 8.54. The molecule has 18 heavy (non-hydrogen) atoms. The molecule has 0 radical (unpaired) electrons. The van der Waals surface area contributed by atoms with E-state index in [1.807, 2.05) is 22.8 Å². The largest absolute Gasteiger partial charge is 0.369 e. The first-order valence-electron chi connectivity index (χ1n) is 5.93. The number of nitrogen functional groups attached to an aromatic ring is 1. The van der Waals surface area contributed by atoms with Gasteiger partial charge in [-0.15, -0.1) is 0 Å². The number of rotatable bonds is 2. The molecule has 0 bridgehead atoms. The first-order chi connectivity index (χ1) is 8.41. The Balaban J connectivity index is 2.58.